The van der Waals surface area contributed by atoms with E-state index in [4.69, 9.17) is 0 Å². The highest BCUT2D eigenvalue weighted by Crippen LogP contribution is 2.45. The molecule has 9 heterocycles. The Bertz CT molecular complexity index is 3410. The highest BCUT2D eigenvalue weighted by Gasteiger charge is 2.38. The van der Waals surface area contributed by atoms with Crippen LogP contribution in [0.5, 0.6) is 0 Å². The predicted octanol–water partition coefficient (Wildman–Crippen LogP) is 11.8. The topological polar surface area (TPSA) is 89.9 Å². The molecule has 2 aliphatic heterocycles. The minimum atomic E-state index is 0.183. The third-order valence-corrected chi connectivity index (χ3v) is 13.4. The summed E-state index contributed by atoms with van der Waals surface area (Å²) in [7, 11) is 0. The van der Waals surface area contributed by atoms with E-state index in [1.807, 2.05) is 68.2 Å². The maximum absolute atomic E-state index is 4.47. The van der Waals surface area contributed by atoms with Gasteiger partial charge in [0, 0.05) is 130 Å². The summed E-state index contributed by atoms with van der Waals surface area (Å²) in [5.74, 6) is 0.194. The first-order chi connectivity index (χ1) is 32.7. The van der Waals surface area contributed by atoms with Crippen LogP contribution in [0.2, 0.25) is 0 Å². The molecule has 2 atom stereocenters. The smallest absolute Gasteiger partial charge is 0.0659 e. The SMILES string of the molecule is C1=CC2C(C=N1)c1cnccc1N2c1ccc(Cc2cc(Cc3ccc(-n4c5ccncc5c5cnccc54)cc3)cc(Cc3ccc(-n4c5ccncc5c5cnccc54)cc3)c2)cc1. The fourth-order valence-corrected chi connectivity index (χ4v) is 10.5. The zero-order valence-electron chi connectivity index (χ0n) is 35.9. The number of aromatic nitrogens is 7. The highest BCUT2D eigenvalue weighted by molar-refractivity contribution is 6.09. The summed E-state index contributed by atoms with van der Waals surface area (Å²) in [6.07, 6.45) is 27.7. The Kier molecular flexibility index (Phi) is 8.97. The van der Waals surface area contributed by atoms with Crippen LogP contribution in [0, 0.1) is 0 Å². The molecule has 0 fully saturated rings. The number of aliphatic imine (C=N–C) groups is 1. The number of hydrogen-bond acceptors (Lipinski definition) is 7. The molecule has 0 amide bonds. The quantitative estimate of drug-likeness (QED) is 0.144. The van der Waals surface area contributed by atoms with Gasteiger partial charge < -0.3 is 14.0 Å². The van der Waals surface area contributed by atoms with Gasteiger partial charge in [-0.2, -0.15) is 0 Å². The van der Waals surface area contributed by atoms with E-state index in [1.54, 1.807) is 0 Å². The zero-order chi connectivity index (χ0) is 43.6. The largest absolute Gasteiger partial charge is 0.333 e. The van der Waals surface area contributed by atoms with Gasteiger partial charge in [0.2, 0.25) is 0 Å². The Labute approximate surface area is 380 Å². The molecule has 0 radical (unpaired) electrons. The summed E-state index contributed by atoms with van der Waals surface area (Å²) in [5, 5.41) is 4.40. The lowest BCUT2D eigenvalue weighted by Crippen LogP contribution is -2.29. The normalized spacial score (nSPS) is 15.3. The van der Waals surface area contributed by atoms with Crippen molar-refractivity contribution in [1.29, 1.82) is 0 Å². The molecule has 66 heavy (non-hydrogen) atoms. The summed E-state index contributed by atoms with van der Waals surface area (Å²) >= 11 is 0. The van der Waals surface area contributed by atoms with E-state index in [0.29, 0.717) is 0 Å². The standard InChI is InChI=1S/C57H41N9/c1-7-43(64-52-13-19-58-31-46(52)47-32-59-20-14-53(47)64)8-2-37(1)25-40-28-41(26-38-3-9-44(10-4-38)65-54-15-21-60-33-48(54)49-34-61-22-16-55(49)65)30-42(29-40)27-39-5-11-45(12-6-39)66-56-17-23-62-35-50(56)51-36-63-24-18-57(51)66/h1-24,28-36,46,52H,25-27H2. The Hall–Kier alpha value is -8.56. The number of pyridine rings is 5. The lowest BCUT2D eigenvalue weighted by atomic mass is 9.93. The van der Waals surface area contributed by atoms with Crippen molar-refractivity contribution in [2.75, 3.05) is 4.90 Å². The van der Waals surface area contributed by atoms with Crippen molar-refractivity contribution in [3.63, 3.8) is 0 Å². The molecule has 4 aromatic carbocycles. The summed E-state index contributed by atoms with van der Waals surface area (Å²) in [6, 6.07) is 45.0. The van der Waals surface area contributed by atoms with E-state index in [2.05, 4.69) is 178 Å². The first-order valence-corrected chi connectivity index (χ1v) is 22.4. The van der Waals surface area contributed by atoms with Crippen LogP contribution < -0.4 is 4.90 Å². The van der Waals surface area contributed by atoms with Gasteiger partial charge in [-0.15, -0.1) is 0 Å². The van der Waals surface area contributed by atoms with Crippen molar-refractivity contribution in [1.82, 2.24) is 34.1 Å². The Morgan fingerprint density at radius 2 is 0.788 bits per heavy atom. The van der Waals surface area contributed by atoms with Gasteiger partial charge in [0.1, 0.15) is 0 Å². The number of anilines is 2. The molecular formula is C57H41N9. The molecule has 9 heteroatoms. The Morgan fingerprint density at radius 1 is 0.394 bits per heavy atom. The van der Waals surface area contributed by atoms with Crippen molar-refractivity contribution in [2.45, 2.75) is 31.2 Å². The molecule has 2 aliphatic rings. The first kappa shape index (κ1) is 37.9. The van der Waals surface area contributed by atoms with Crippen LogP contribution in [0.1, 0.15) is 44.9 Å². The van der Waals surface area contributed by atoms with Crippen LogP contribution in [0.3, 0.4) is 0 Å². The molecule has 0 saturated heterocycles. The second kappa shape index (κ2) is 15.6. The van der Waals surface area contributed by atoms with E-state index in [0.717, 1.165) is 74.2 Å². The van der Waals surface area contributed by atoms with E-state index in [9.17, 15) is 0 Å². The van der Waals surface area contributed by atoms with Crippen molar-refractivity contribution < 1.29 is 0 Å². The minimum Gasteiger partial charge on any atom is -0.333 e. The molecule has 0 aliphatic carbocycles. The first-order valence-electron chi connectivity index (χ1n) is 22.4. The monoisotopic (exact) mass is 851 g/mol. The zero-order valence-corrected chi connectivity index (χ0v) is 35.9. The molecule has 0 saturated carbocycles. The highest BCUT2D eigenvalue weighted by atomic mass is 15.2. The molecule has 11 aromatic rings. The van der Waals surface area contributed by atoms with Crippen molar-refractivity contribution in [3.8, 4) is 11.4 Å². The van der Waals surface area contributed by atoms with E-state index in [1.165, 1.54) is 50.3 Å². The summed E-state index contributed by atoms with van der Waals surface area (Å²) in [6.45, 7) is 0. The van der Waals surface area contributed by atoms with Crippen molar-refractivity contribution in [2.24, 2.45) is 4.99 Å². The molecule has 9 nitrogen and oxygen atoms in total. The molecule has 7 aromatic heterocycles. The Balaban J connectivity index is 0.820. The number of benzene rings is 4. The Morgan fingerprint density at radius 3 is 1.23 bits per heavy atom. The fourth-order valence-electron chi connectivity index (χ4n) is 10.5. The van der Waals surface area contributed by atoms with Gasteiger partial charge in [-0.3, -0.25) is 29.9 Å². The van der Waals surface area contributed by atoms with Gasteiger partial charge in [-0.05, 0) is 125 Å². The maximum atomic E-state index is 4.47. The molecule has 0 N–H and O–H groups in total. The molecule has 0 spiro atoms. The second-order valence-corrected chi connectivity index (χ2v) is 17.4. The molecule has 13 rings (SSSR count). The van der Waals surface area contributed by atoms with Gasteiger partial charge >= 0.3 is 0 Å². The number of hydrogen-bond donors (Lipinski definition) is 0. The molecule has 2 unspecified atom stereocenters. The van der Waals surface area contributed by atoms with Crippen LogP contribution in [0.15, 0.2) is 201 Å². The molecule has 314 valence electrons. The summed E-state index contributed by atoms with van der Waals surface area (Å²) < 4.78 is 4.61. The number of rotatable bonds is 9. The summed E-state index contributed by atoms with van der Waals surface area (Å²) in [4.78, 5) is 29.0. The summed E-state index contributed by atoms with van der Waals surface area (Å²) in [5.41, 5.74) is 18.0. The maximum Gasteiger partial charge on any atom is 0.0659 e. The minimum absolute atomic E-state index is 0.183. The van der Waals surface area contributed by atoms with Gasteiger partial charge in [0.25, 0.3) is 0 Å². The van der Waals surface area contributed by atoms with E-state index >= 15 is 0 Å². The third-order valence-electron chi connectivity index (χ3n) is 13.4. The molecule has 0 bridgehead atoms. The van der Waals surface area contributed by atoms with Crippen LogP contribution in [-0.2, 0) is 19.3 Å². The van der Waals surface area contributed by atoms with E-state index in [-0.39, 0.29) is 12.0 Å². The van der Waals surface area contributed by atoms with E-state index < -0.39 is 0 Å². The lowest BCUT2D eigenvalue weighted by molar-refractivity contribution is 0.778. The van der Waals surface area contributed by atoms with Crippen LogP contribution in [0.25, 0.3) is 55.0 Å². The predicted molar refractivity (Wildman–Crippen MR) is 265 cm³/mol. The van der Waals surface area contributed by atoms with Crippen molar-refractivity contribution in [3.05, 3.63) is 235 Å². The van der Waals surface area contributed by atoms with Gasteiger partial charge in [0.05, 0.1) is 28.1 Å². The number of nitrogens with zero attached hydrogens (tertiary/aromatic N) is 9. The fraction of sp³-hybridized carbons (Fsp3) is 0.0877. The lowest BCUT2D eigenvalue weighted by Gasteiger charge is -2.28. The second-order valence-electron chi connectivity index (χ2n) is 17.4. The average Bonchev–Trinajstić information content (AvgIpc) is 4.01. The van der Waals surface area contributed by atoms with Gasteiger partial charge in [-0.25, -0.2) is 0 Å². The van der Waals surface area contributed by atoms with Gasteiger partial charge in [0.15, 0.2) is 0 Å². The van der Waals surface area contributed by atoms with Crippen molar-refractivity contribution >= 4 is 61.2 Å². The molecular weight excluding hydrogens is 811 g/mol. The van der Waals surface area contributed by atoms with Crippen LogP contribution >= 0.6 is 0 Å². The third kappa shape index (κ3) is 6.46. The van der Waals surface area contributed by atoms with Crippen LogP contribution in [-0.4, -0.2) is 46.3 Å². The average molecular weight is 852 g/mol. The van der Waals surface area contributed by atoms with Crippen LogP contribution in [0.4, 0.5) is 11.4 Å². The number of fused-ring (bicyclic) bond motifs is 9. The van der Waals surface area contributed by atoms with Gasteiger partial charge in [-0.1, -0.05) is 54.6 Å².